The molecule has 6 nitrogen and oxygen atoms in total. The van der Waals surface area contributed by atoms with Crippen molar-refractivity contribution in [2.45, 2.75) is 11.1 Å². The lowest BCUT2D eigenvalue weighted by Gasteiger charge is -2.33. The number of piperazine rings is 1. The molecule has 0 bridgehead atoms. The molecule has 140 valence electrons. The average Bonchev–Trinajstić information content (AvgIpc) is 3.08. The fourth-order valence-corrected chi connectivity index (χ4v) is 5.65. The van der Waals surface area contributed by atoms with E-state index in [1.807, 2.05) is 6.92 Å². The quantitative estimate of drug-likeness (QED) is 0.793. The van der Waals surface area contributed by atoms with E-state index in [2.05, 4.69) is 0 Å². The third-order valence-electron chi connectivity index (χ3n) is 4.23. The van der Waals surface area contributed by atoms with Gasteiger partial charge in [0.05, 0.1) is 7.11 Å². The highest BCUT2D eigenvalue weighted by Crippen LogP contribution is 2.25. The first-order chi connectivity index (χ1) is 12.3. The van der Waals surface area contributed by atoms with Gasteiger partial charge in [-0.15, -0.1) is 11.3 Å². The predicted molar refractivity (Wildman–Crippen MR) is 96.7 cm³/mol. The number of carbonyl (C=O) groups is 1. The standard InChI is InChI=1S/C17H19FN2O4S2/c1-12-3-6-16(25-12)26(22,23)20-9-7-19(8-10-20)17(21)13-4-5-15(24-2)14(18)11-13/h3-6,11H,7-10H2,1-2H3. The minimum absolute atomic E-state index is 0.0729. The summed E-state index contributed by atoms with van der Waals surface area (Å²) in [6.07, 6.45) is 0. The van der Waals surface area contributed by atoms with Gasteiger partial charge in [-0.05, 0) is 37.3 Å². The molecule has 1 amide bonds. The van der Waals surface area contributed by atoms with Crippen LogP contribution in [0.25, 0.3) is 0 Å². The number of benzene rings is 1. The Labute approximate surface area is 155 Å². The summed E-state index contributed by atoms with van der Waals surface area (Å²) in [4.78, 5) is 15.0. The number of thiophene rings is 1. The van der Waals surface area contributed by atoms with Crippen LogP contribution in [0.4, 0.5) is 4.39 Å². The maximum atomic E-state index is 13.8. The van der Waals surface area contributed by atoms with Crippen LogP contribution in [0.15, 0.2) is 34.5 Å². The van der Waals surface area contributed by atoms with Crippen molar-refractivity contribution < 1.29 is 22.3 Å². The van der Waals surface area contributed by atoms with E-state index in [0.717, 1.165) is 10.9 Å². The first kappa shape index (κ1) is 18.8. The van der Waals surface area contributed by atoms with Gasteiger partial charge in [-0.3, -0.25) is 4.79 Å². The van der Waals surface area contributed by atoms with Crippen molar-refractivity contribution in [1.29, 1.82) is 0 Å². The molecule has 0 saturated carbocycles. The molecule has 0 unspecified atom stereocenters. The molecule has 0 spiro atoms. The van der Waals surface area contributed by atoms with Crippen LogP contribution >= 0.6 is 11.3 Å². The molecule has 2 heterocycles. The number of hydrogen-bond acceptors (Lipinski definition) is 5. The molecule has 0 N–H and O–H groups in total. The summed E-state index contributed by atoms with van der Waals surface area (Å²) in [5.41, 5.74) is 0.216. The van der Waals surface area contributed by atoms with Crippen LogP contribution in [0, 0.1) is 12.7 Å². The molecular formula is C17H19FN2O4S2. The van der Waals surface area contributed by atoms with E-state index in [-0.39, 0.29) is 43.4 Å². The Hall–Kier alpha value is -1.97. The van der Waals surface area contributed by atoms with Crippen LogP contribution in [0.2, 0.25) is 0 Å². The zero-order valence-corrected chi connectivity index (χ0v) is 16.1. The zero-order chi connectivity index (χ0) is 18.9. The van der Waals surface area contributed by atoms with Crippen LogP contribution < -0.4 is 4.74 Å². The number of nitrogens with zero attached hydrogens (tertiary/aromatic N) is 2. The van der Waals surface area contributed by atoms with Gasteiger partial charge in [-0.2, -0.15) is 4.31 Å². The average molecular weight is 398 g/mol. The summed E-state index contributed by atoms with van der Waals surface area (Å²) in [6.45, 7) is 2.80. The van der Waals surface area contributed by atoms with Gasteiger partial charge in [0.25, 0.3) is 15.9 Å². The fourth-order valence-electron chi connectivity index (χ4n) is 2.79. The van der Waals surface area contributed by atoms with Gasteiger partial charge in [-0.1, -0.05) is 0 Å². The topological polar surface area (TPSA) is 66.9 Å². The van der Waals surface area contributed by atoms with Crippen molar-refractivity contribution in [3.05, 3.63) is 46.6 Å². The Bertz CT molecular complexity index is 919. The van der Waals surface area contributed by atoms with Crippen molar-refractivity contribution in [2.75, 3.05) is 33.3 Å². The van der Waals surface area contributed by atoms with Gasteiger partial charge < -0.3 is 9.64 Å². The second kappa shape index (κ2) is 7.34. The fraction of sp³-hybridized carbons (Fsp3) is 0.353. The van der Waals surface area contributed by atoms with Crippen LogP contribution in [0.3, 0.4) is 0 Å². The molecule has 9 heteroatoms. The van der Waals surface area contributed by atoms with Crippen molar-refractivity contribution in [2.24, 2.45) is 0 Å². The van der Waals surface area contributed by atoms with Crippen molar-refractivity contribution >= 4 is 27.3 Å². The summed E-state index contributed by atoms with van der Waals surface area (Å²) in [7, 11) is -2.18. The first-order valence-electron chi connectivity index (χ1n) is 8.02. The van der Waals surface area contributed by atoms with Gasteiger partial charge in [0.1, 0.15) is 4.21 Å². The highest BCUT2D eigenvalue weighted by atomic mass is 32.2. The summed E-state index contributed by atoms with van der Waals surface area (Å²) in [5.74, 6) is -0.855. The van der Waals surface area contributed by atoms with Crippen molar-refractivity contribution in [3.63, 3.8) is 0 Å². The van der Waals surface area contributed by atoms with Gasteiger partial charge in [0.2, 0.25) is 0 Å². The van der Waals surface area contributed by atoms with E-state index < -0.39 is 15.8 Å². The molecule has 1 aromatic heterocycles. The van der Waals surface area contributed by atoms with Crippen molar-refractivity contribution in [1.82, 2.24) is 9.21 Å². The van der Waals surface area contributed by atoms with E-state index in [1.54, 1.807) is 12.1 Å². The molecule has 1 aliphatic heterocycles. The molecule has 1 aliphatic rings. The Balaban J connectivity index is 1.68. The molecule has 1 fully saturated rings. The highest BCUT2D eigenvalue weighted by molar-refractivity contribution is 7.91. The maximum Gasteiger partial charge on any atom is 0.254 e. The number of aryl methyl sites for hydroxylation is 1. The maximum absolute atomic E-state index is 13.8. The van der Waals surface area contributed by atoms with E-state index in [9.17, 15) is 17.6 Å². The minimum Gasteiger partial charge on any atom is -0.494 e. The summed E-state index contributed by atoms with van der Waals surface area (Å²) in [6, 6.07) is 7.42. The smallest absolute Gasteiger partial charge is 0.254 e. The molecule has 1 aromatic carbocycles. The van der Waals surface area contributed by atoms with Crippen molar-refractivity contribution in [3.8, 4) is 5.75 Å². The monoisotopic (exact) mass is 398 g/mol. The highest BCUT2D eigenvalue weighted by Gasteiger charge is 2.31. The molecule has 2 aromatic rings. The minimum atomic E-state index is -3.53. The Morgan fingerprint density at radius 3 is 2.38 bits per heavy atom. The van der Waals surface area contributed by atoms with E-state index in [4.69, 9.17) is 4.74 Å². The van der Waals surface area contributed by atoms with Crippen LogP contribution in [0.1, 0.15) is 15.2 Å². The Morgan fingerprint density at radius 2 is 1.85 bits per heavy atom. The van der Waals surface area contributed by atoms with Crippen LogP contribution in [-0.2, 0) is 10.0 Å². The molecule has 3 rings (SSSR count). The number of amides is 1. The number of sulfonamides is 1. The van der Waals surface area contributed by atoms with E-state index in [1.165, 1.54) is 39.8 Å². The predicted octanol–water partition coefficient (Wildman–Crippen LogP) is 2.35. The SMILES string of the molecule is COc1ccc(C(=O)N2CCN(S(=O)(=O)c3ccc(C)s3)CC2)cc1F. The zero-order valence-electron chi connectivity index (χ0n) is 14.4. The second-order valence-corrected chi connectivity index (χ2v) is 9.36. The molecular weight excluding hydrogens is 379 g/mol. The lowest BCUT2D eigenvalue weighted by Crippen LogP contribution is -2.50. The second-order valence-electron chi connectivity index (χ2n) is 5.91. The number of carbonyl (C=O) groups excluding carboxylic acids is 1. The number of halogens is 1. The number of rotatable bonds is 4. The lowest BCUT2D eigenvalue weighted by atomic mass is 10.1. The number of hydrogen-bond donors (Lipinski definition) is 0. The summed E-state index contributed by atoms with van der Waals surface area (Å²) >= 11 is 1.23. The van der Waals surface area contributed by atoms with Crippen LogP contribution in [-0.4, -0.2) is 56.8 Å². The Kier molecular flexibility index (Phi) is 5.31. The van der Waals surface area contributed by atoms with E-state index in [0.29, 0.717) is 4.21 Å². The Morgan fingerprint density at radius 1 is 1.15 bits per heavy atom. The number of methoxy groups -OCH3 is 1. The number of ether oxygens (including phenoxy) is 1. The third kappa shape index (κ3) is 3.60. The van der Waals surface area contributed by atoms with Gasteiger partial charge in [-0.25, -0.2) is 12.8 Å². The van der Waals surface area contributed by atoms with Crippen LogP contribution in [0.5, 0.6) is 5.75 Å². The molecule has 1 saturated heterocycles. The molecule has 0 atom stereocenters. The normalized spacial score (nSPS) is 15.9. The summed E-state index contributed by atoms with van der Waals surface area (Å²) in [5, 5.41) is 0. The van der Waals surface area contributed by atoms with Gasteiger partial charge in [0, 0.05) is 36.6 Å². The molecule has 0 aliphatic carbocycles. The molecule has 26 heavy (non-hydrogen) atoms. The first-order valence-corrected chi connectivity index (χ1v) is 10.3. The van der Waals surface area contributed by atoms with Gasteiger partial charge in [0.15, 0.2) is 11.6 Å². The third-order valence-corrected chi connectivity index (χ3v) is 7.60. The summed E-state index contributed by atoms with van der Waals surface area (Å²) < 4.78 is 45.6. The van der Waals surface area contributed by atoms with Gasteiger partial charge >= 0.3 is 0 Å². The lowest BCUT2D eigenvalue weighted by molar-refractivity contribution is 0.0697. The van der Waals surface area contributed by atoms with E-state index >= 15 is 0 Å². The largest absolute Gasteiger partial charge is 0.494 e. The molecule has 0 radical (unpaired) electrons.